The highest BCUT2D eigenvalue weighted by atomic mass is 16.6. The highest BCUT2D eigenvalue weighted by molar-refractivity contribution is 5.95. The van der Waals surface area contributed by atoms with Crippen LogP contribution in [-0.4, -0.2) is 10.8 Å². The zero-order valence-corrected chi connectivity index (χ0v) is 15.2. The predicted molar refractivity (Wildman–Crippen MR) is 106 cm³/mol. The first kappa shape index (κ1) is 18.9. The van der Waals surface area contributed by atoms with Gasteiger partial charge in [0.05, 0.1) is 4.92 Å². The molecule has 0 heterocycles. The Balaban J connectivity index is 1.63. The van der Waals surface area contributed by atoms with E-state index in [0.29, 0.717) is 17.9 Å². The molecule has 142 valence electrons. The predicted octanol–water partition coefficient (Wildman–Crippen LogP) is 4.24. The summed E-state index contributed by atoms with van der Waals surface area (Å²) >= 11 is 0. The van der Waals surface area contributed by atoms with Gasteiger partial charge in [-0.15, -0.1) is 0 Å². The fourth-order valence-corrected chi connectivity index (χ4v) is 2.63. The summed E-state index contributed by atoms with van der Waals surface area (Å²) in [7, 11) is 0. The number of ether oxygens (including phenoxy) is 1. The lowest BCUT2D eigenvalue weighted by Crippen LogP contribution is -2.29. The van der Waals surface area contributed by atoms with Crippen LogP contribution in [0.4, 0.5) is 11.4 Å². The van der Waals surface area contributed by atoms with E-state index in [1.54, 1.807) is 36.4 Å². The molecular weight excluding hydrogens is 358 g/mol. The lowest BCUT2D eigenvalue weighted by Gasteiger charge is -2.11. The molecule has 0 saturated heterocycles. The fraction of sp³-hybridized carbons (Fsp3) is 0.0952. The van der Waals surface area contributed by atoms with Gasteiger partial charge in [-0.1, -0.05) is 48.0 Å². The smallest absolute Gasteiger partial charge is 0.294 e. The third-order valence-corrected chi connectivity index (χ3v) is 4.00. The average molecular weight is 377 g/mol. The second-order valence-electron chi connectivity index (χ2n) is 6.16. The maximum absolute atomic E-state index is 12.4. The number of para-hydroxylation sites is 2. The highest BCUT2D eigenvalue weighted by Gasteiger charge is 2.13. The Hall–Kier alpha value is -3.87. The Kier molecular flexibility index (Phi) is 5.86. The van der Waals surface area contributed by atoms with Crippen molar-refractivity contribution in [3.8, 4) is 5.75 Å². The van der Waals surface area contributed by atoms with Gasteiger partial charge in [-0.2, -0.15) is 0 Å². The van der Waals surface area contributed by atoms with Crippen LogP contribution in [0.3, 0.4) is 0 Å². The number of hydrazine groups is 1. The van der Waals surface area contributed by atoms with Crippen LogP contribution in [0.5, 0.6) is 5.75 Å². The van der Waals surface area contributed by atoms with Crippen LogP contribution in [0.25, 0.3) is 0 Å². The van der Waals surface area contributed by atoms with Crippen LogP contribution >= 0.6 is 0 Å². The number of nitrogens with one attached hydrogen (secondary N) is 2. The number of aryl methyl sites for hydroxylation is 1. The number of hydrogen-bond acceptors (Lipinski definition) is 5. The maximum Gasteiger partial charge on any atom is 0.294 e. The van der Waals surface area contributed by atoms with E-state index in [4.69, 9.17) is 4.74 Å². The van der Waals surface area contributed by atoms with E-state index in [1.807, 2.05) is 31.2 Å². The number of nitro groups is 1. The summed E-state index contributed by atoms with van der Waals surface area (Å²) in [6, 6.07) is 20.8. The lowest BCUT2D eigenvalue weighted by atomic mass is 10.1. The Labute approximate surface area is 162 Å². The molecule has 0 atom stereocenters. The van der Waals surface area contributed by atoms with Crippen molar-refractivity contribution in [3.05, 3.63) is 99.6 Å². The molecule has 0 aliphatic heterocycles. The molecule has 1 amide bonds. The van der Waals surface area contributed by atoms with Crippen molar-refractivity contribution < 1.29 is 14.5 Å². The van der Waals surface area contributed by atoms with E-state index in [1.165, 1.54) is 12.1 Å². The number of rotatable bonds is 7. The van der Waals surface area contributed by atoms with Crippen LogP contribution in [0.2, 0.25) is 0 Å². The van der Waals surface area contributed by atoms with Crippen LogP contribution in [-0.2, 0) is 6.61 Å². The second kappa shape index (κ2) is 8.68. The van der Waals surface area contributed by atoms with Crippen molar-refractivity contribution in [2.45, 2.75) is 13.5 Å². The monoisotopic (exact) mass is 377 g/mol. The van der Waals surface area contributed by atoms with Crippen molar-refractivity contribution >= 4 is 17.3 Å². The number of carbonyl (C=O) groups is 1. The normalized spacial score (nSPS) is 10.2. The van der Waals surface area contributed by atoms with Gasteiger partial charge in [0.2, 0.25) is 0 Å². The van der Waals surface area contributed by atoms with Crippen molar-refractivity contribution in [2.75, 3.05) is 5.43 Å². The van der Waals surface area contributed by atoms with Crippen LogP contribution < -0.4 is 15.6 Å². The minimum absolute atomic E-state index is 0.127. The third kappa shape index (κ3) is 4.85. The fourth-order valence-electron chi connectivity index (χ4n) is 2.63. The number of nitro benzene ring substituents is 1. The number of benzene rings is 3. The van der Waals surface area contributed by atoms with Crippen molar-refractivity contribution in [2.24, 2.45) is 0 Å². The van der Waals surface area contributed by atoms with Gasteiger partial charge in [-0.25, -0.2) is 0 Å². The summed E-state index contributed by atoms with van der Waals surface area (Å²) < 4.78 is 5.76. The molecule has 3 rings (SSSR count). The Morgan fingerprint density at radius 1 is 1.04 bits per heavy atom. The number of carbonyl (C=O) groups excluding carboxylic acids is 1. The zero-order valence-electron chi connectivity index (χ0n) is 15.2. The van der Waals surface area contributed by atoms with Gasteiger partial charge in [0.25, 0.3) is 11.6 Å². The molecule has 0 aliphatic carbocycles. The quantitative estimate of drug-likeness (QED) is 0.474. The first-order valence-electron chi connectivity index (χ1n) is 8.61. The molecule has 0 spiro atoms. The molecule has 0 saturated carbocycles. The molecule has 2 N–H and O–H groups in total. The third-order valence-electron chi connectivity index (χ3n) is 4.00. The number of amides is 1. The molecule has 3 aromatic rings. The summed E-state index contributed by atoms with van der Waals surface area (Å²) in [5.41, 5.74) is 7.69. The Morgan fingerprint density at radius 3 is 2.61 bits per heavy atom. The first-order valence-corrected chi connectivity index (χ1v) is 8.61. The van der Waals surface area contributed by atoms with Gasteiger partial charge in [0, 0.05) is 11.6 Å². The number of anilines is 1. The van der Waals surface area contributed by atoms with E-state index in [2.05, 4.69) is 10.9 Å². The molecule has 3 aromatic carbocycles. The average Bonchev–Trinajstić information content (AvgIpc) is 2.71. The van der Waals surface area contributed by atoms with Gasteiger partial charge in [-0.05, 0) is 36.8 Å². The number of hydrogen-bond donors (Lipinski definition) is 2. The molecule has 0 unspecified atom stereocenters. The number of nitrogens with zero attached hydrogens (tertiary/aromatic N) is 1. The van der Waals surface area contributed by atoms with Crippen molar-refractivity contribution in [1.29, 1.82) is 0 Å². The molecular formula is C21H19N3O4. The molecule has 0 fully saturated rings. The van der Waals surface area contributed by atoms with E-state index >= 15 is 0 Å². The molecule has 0 aromatic heterocycles. The zero-order chi connectivity index (χ0) is 19.9. The highest BCUT2D eigenvalue weighted by Crippen LogP contribution is 2.22. The summed E-state index contributed by atoms with van der Waals surface area (Å²) in [6.07, 6.45) is 0. The first-order chi connectivity index (χ1) is 13.5. The Bertz CT molecular complexity index is 1000. The lowest BCUT2D eigenvalue weighted by molar-refractivity contribution is -0.384. The second-order valence-corrected chi connectivity index (χ2v) is 6.16. The summed E-state index contributed by atoms with van der Waals surface area (Å²) in [4.78, 5) is 22.9. The SMILES string of the molecule is Cc1cccc(COc2cccc(C(=O)NNc3ccccc3[N+](=O)[O-])c2)c1. The van der Waals surface area contributed by atoms with Crippen molar-refractivity contribution in [3.63, 3.8) is 0 Å². The van der Waals surface area contributed by atoms with Gasteiger partial charge in [-0.3, -0.25) is 25.8 Å². The van der Waals surface area contributed by atoms with Crippen LogP contribution in [0.1, 0.15) is 21.5 Å². The van der Waals surface area contributed by atoms with E-state index < -0.39 is 10.8 Å². The van der Waals surface area contributed by atoms with E-state index in [0.717, 1.165) is 11.1 Å². The van der Waals surface area contributed by atoms with Crippen molar-refractivity contribution in [1.82, 2.24) is 5.43 Å². The van der Waals surface area contributed by atoms with Gasteiger partial charge < -0.3 is 4.74 Å². The van der Waals surface area contributed by atoms with Crippen LogP contribution in [0, 0.1) is 17.0 Å². The van der Waals surface area contributed by atoms with E-state index in [-0.39, 0.29) is 11.4 Å². The van der Waals surface area contributed by atoms with Gasteiger partial charge in [0.15, 0.2) is 0 Å². The largest absolute Gasteiger partial charge is 0.489 e. The molecule has 0 aliphatic rings. The van der Waals surface area contributed by atoms with Crippen LogP contribution in [0.15, 0.2) is 72.8 Å². The maximum atomic E-state index is 12.4. The molecule has 7 nitrogen and oxygen atoms in total. The minimum Gasteiger partial charge on any atom is -0.489 e. The van der Waals surface area contributed by atoms with E-state index in [9.17, 15) is 14.9 Å². The summed E-state index contributed by atoms with van der Waals surface area (Å²) in [5.74, 6) is 0.124. The molecule has 7 heteroatoms. The van der Waals surface area contributed by atoms with Gasteiger partial charge >= 0.3 is 0 Å². The summed E-state index contributed by atoms with van der Waals surface area (Å²) in [5, 5.41) is 11.0. The van der Waals surface area contributed by atoms with Gasteiger partial charge in [0.1, 0.15) is 18.0 Å². The molecule has 0 radical (unpaired) electrons. The molecule has 0 bridgehead atoms. The Morgan fingerprint density at radius 2 is 1.82 bits per heavy atom. The topological polar surface area (TPSA) is 93.5 Å². The molecule has 28 heavy (non-hydrogen) atoms. The standard InChI is InChI=1S/C21H19N3O4/c1-15-6-4-7-16(12-15)14-28-18-9-5-8-17(13-18)21(25)23-22-19-10-2-3-11-20(19)24(26)27/h2-13,22H,14H2,1H3,(H,23,25). The minimum atomic E-state index is -0.520. The summed E-state index contributed by atoms with van der Waals surface area (Å²) in [6.45, 7) is 2.40.